The van der Waals surface area contributed by atoms with Gasteiger partial charge in [-0.25, -0.2) is 4.98 Å². The number of anilines is 2. The van der Waals surface area contributed by atoms with E-state index in [1.54, 1.807) is 6.20 Å². The number of nitrogen functional groups attached to an aromatic ring is 1. The molecule has 1 fully saturated rings. The minimum atomic E-state index is 0.442. The predicted molar refractivity (Wildman–Crippen MR) is 88.6 cm³/mol. The second-order valence-electron chi connectivity index (χ2n) is 5.63. The number of aromatic nitrogens is 3. The molecule has 5 N–H and O–H groups in total. The molecule has 0 saturated carbocycles. The molecule has 0 radical (unpaired) electrons. The topological polar surface area (TPSA) is 91.6 Å². The lowest BCUT2D eigenvalue weighted by Crippen LogP contribution is -2.22. The van der Waals surface area contributed by atoms with Crippen molar-refractivity contribution in [3.8, 4) is 11.3 Å². The average Bonchev–Trinajstić information content (AvgIpc) is 3.20. The zero-order chi connectivity index (χ0) is 14.9. The van der Waals surface area contributed by atoms with Crippen LogP contribution in [0.3, 0.4) is 0 Å². The van der Waals surface area contributed by atoms with Crippen molar-refractivity contribution >= 4 is 22.4 Å². The maximum atomic E-state index is 5.98. The molecule has 1 atom stereocenters. The van der Waals surface area contributed by atoms with Crippen LogP contribution in [0.1, 0.15) is 6.42 Å². The summed E-state index contributed by atoms with van der Waals surface area (Å²) in [4.78, 5) is 4.47. The minimum Gasteiger partial charge on any atom is -0.384 e. The Kier molecular flexibility index (Phi) is 3.16. The minimum absolute atomic E-state index is 0.442. The first-order valence-electron chi connectivity index (χ1n) is 7.47. The van der Waals surface area contributed by atoms with Crippen molar-refractivity contribution in [3.05, 3.63) is 36.5 Å². The van der Waals surface area contributed by atoms with Crippen molar-refractivity contribution in [2.24, 2.45) is 0 Å². The van der Waals surface area contributed by atoms with E-state index in [1.165, 1.54) is 0 Å². The molecule has 3 aromatic rings. The first kappa shape index (κ1) is 13.1. The molecule has 0 aliphatic carbocycles. The Balaban J connectivity index is 1.77. The van der Waals surface area contributed by atoms with E-state index >= 15 is 0 Å². The van der Waals surface area contributed by atoms with Gasteiger partial charge in [-0.05, 0) is 25.1 Å². The van der Waals surface area contributed by atoms with E-state index in [0.29, 0.717) is 11.9 Å². The van der Waals surface area contributed by atoms with Crippen LogP contribution in [0.15, 0.2) is 36.5 Å². The van der Waals surface area contributed by atoms with Gasteiger partial charge in [0.05, 0.1) is 11.2 Å². The molecule has 4 rings (SSSR count). The van der Waals surface area contributed by atoms with Crippen molar-refractivity contribution < 1.29 is 0 Å². The second kappa shape index (κ2) is 5.31. The van der Waals surface area contributed by atoms with E-state index in [9.17, 15) is 0 Å². The van der Waals surface area contributed by atoms with Gasteiger partial charge in [-0.1, -0.05) is 12.1 Å². The molecule has 1 aromatic carbocycles. The standard InChI is InChI=1S/C16H18N6/c17-16-8-15(20-11-3-5-18-9-11)12-2-1-10(7-14(12)21-16)13-4-6-19-22-13/h1-2,4,6-8,11,18H,3,5,9H2,(H,19,22)(H3,17,20,21). The largest absolute Gasteiger partial charge is 0.384 e. The van der Waals surface area contributed by atoms with E-state index in [-0.39, 0.29) is 0 Å². The molecule has 3 heterocycles. The summed E-state index contributed by atoms with van der Waals surface area (Å²) in [6.45, 7) is 2.04. The molecule has 1 aliphatic heterocycles. The fourth-order valence-electron chi connectivity index (χ4n) is 2.95. The summed E-state index contributed by atoms with van der Waals surface area (Å²) in [5.41, 5.74) is 9.94. The molecule has 0 spiro atoms. The number of fused-ring (bicyclic) bond motifs is 1. The summed E-state index contributed by atoms with van der Waals surface area (Å²) >= 11 is 0. The zero-order valence-corrected chi connectivity index (χ0v) is 12.1. The predicted octanol–water partition coefficient (Wildman–Crippen LogP) is 1.98. The number of nitrogens with one attached hydrogen (secondary N) is 3. The lowest BCUT2D eigenvalue weighted by Gasteiger charge is -2.16. The van der Waals surface area contributed by atoms with Gasteiger partial charge < -0.3 is 16.4 Å². The third-order valence-corrected chi connectivity index (χ3v) is 4.06. The van der Waals surface area contributed by atoms with Crippen LogP contribution in [-0.2, 0) is 0 Å². The average molecular weight is 294 g/mol. The summed E-state index contributed by atoms with van der Waals surface area (Å²) in [5, 5.41) is 15.0. The lowest BCUT2D eigenvalue weighted by atomic mass is 10.1. The summed E-state index contributed by atoms with van der Waals surface area (Å²) in [6, 6.07) is 10.5. The summed E-state index contributed by atoms with van der Waals surface area (Å²) in [5.74, 6) is 0.530. The number of hydrogen-bond acceptors (Lipinski definition) is 5. The fraction of sp³-hybridized carbons (Fsp3) is 0.250. The Hall–Kier alpha value is -2.60. The van der Waals surface area contributed by atoms with Crippen LogP contribution >= 0.6 is 0 Å². The third-order valence-electron chi connectivity index (χ3n) is 4.06. The number of hydrogen-bond donors (Lipinski definition) is 4. The Labute approximate surface area is 128 Å². The summed E-state index contributed by atoms with van der Waals surface area (Å²) in [6.07, 6.45) is 2.86. The number of benzene rings is 1. The SMILES string of the molecule is Nc1cc(NC2CCNC2)c2ccc(-c3ccn[nH]3)cc2n1. The van der Waals surface area contributed by atoms with Gasteiger partial charge in [-0.15, -0.1) is 0 Å². The van der Waals surface area contributed by atoms with E-state index < -0.39 is 0 Å². The van der Waals surface area contributed by atoms with Crippen LogP contribution in [-0.4, -0.2) is 34.3 Å². The van der Waals surface area contributed by atoms with Crippen LogP contribution in [0, 0.1) is 0 Å². The molecule has 1 unspecified atom stereocenters. The normalized spacial score (nSPS) is 17.9. The van der Waals surface area contributed by atoms with Gasteiger partial charge in [0, 0.05) is 41.5 Å². The molecule has 6 nitrogen and oxygen atoms in total. The van der Waals surface area contributed by atoms with Gasteiger partial charge in [-0.2, -0.15) is 5.10 Å². The molecule has 0 amide bonds. The molecule has 1 aliphatic rings. The maximum absolute atomic E-state index is 5.98. The van der Waals surface area contributed by atoms with Crippen molar-refractivity contribution in [1.82, 2.24) is 20.5 Å². The Morgan fingerprint density at radius 3 is 2.95 bits per heavy atom. The molecule has 112 valence electrons. The molecule has 1 saturated heterocycles. The van der Waals surface area contributed by atoms with Gasteiger partial charge in [0.15, 0.2) is 0 Å². The van der Waals surface area contributed by atoms with E-state index in [0.717, 1.165) is 47.4 Å². The molecular weight excluding hydrogens is 276 g/mol. The van der Waals surface area contributed by atoms with Crippen molar-refractivity contribution in [1.29, 1.82) is 0 Å². The Morgan fingerprint density at radius 1 is 1.23 bits per heavy atom. The summed E-state index contributed by atoms with van der Waals surface area (Å²) < 4.78 is 0. The molecule has 0 bridgehead atoms. The van der Waals surface area contributed by atoms with Gasteiger partial charge >= 0.3 is 0 Å². The van der Waals surface area contributed by atoms with Crippen LogP contribution < -0.4 is 16.4 Å². The van der Waals surface area contributed by atoms with E-state index in [1.807, 2.05) is 18.2 Å². The monoisotopic (exact) mass is 294 g/mol. The first-order valence-corrected chi connectivity index (χ1v) is 7.47. The van der Waals surface area contributed by atoms with Gasteiger partial charge in [0.1, 0.15) is 5.82 Å². The number of pyridine rings is 1. The fourth-order valence-corrected chi connectivity index (χ4v) is 2.95. The van der Waals surface area contributed by atoms with E-state index in [2.05, 4.69) is 37.9 Å². The van der Waals surface area contributed by atoms with Crippen LogP contribution in [0.2, 0.25) is 0 Å². The number of nitrogens with zero attached hydrogens (tertiary/aromatic N) is 2. The van der Waals surface area contributed by atoms with Crippen molar-refractivity contribution in [3.63, 3.8) is 0 Å². The highest BCUT2D eigenvalue weighted by atomic mass is 15.1. The number of nitrogens with two attached hydrogens (primary N) is 1. The van der Waals surface area contributed by atoms with Crippen LogP contribution in [0.4, 0.5) is 11.5 Å². The van der Waals surface area contributed by atoms with Gasteiger partial charge in [-0.3, -0.25) is 5.10 Å². The van der Waals surface area contributed by atoms with Crippen molar-refractivity contribution in [2.45, 2.75) is 12.5 Å². The van der Waals surface area contributed by atoms with Crippen molar-refractivity contribution in [2.75, 3.05) is 24.1 Å². The Morgan fingerprint density at radius 2 is 2.18 bits per heavy atom. The zero-order valence-electron chi connectivity index (χ0n) is 12.1. The summed E-state index contributed by atoms with van der Waals surface area (Å²) in [7, 11) is 0. The first-order chi connectivity index (χ1) is 10.8. The smallest absolute Gasteiger partial charge is 0.126 e. The number of H-pyrrole nitrogens is 1. The highest BCUT2D eigenvalue weighted by Crippen LogP contribution is 2.29. The lowest BCUT2D eigenvalue weighted by molar-refractivity contribution is 0.794. The highest BCUT2D eigenvalue weighted by molar-refractivity contribution is 5.95. The second-order valence-corrected chi connectivity index (χ2v) is 5.63. The third kappa shape index (κ3) is 2.37. The molecule has 2 aromatic heterocycles. The number of aromatic amines is 1. The quantitative estimate of drug-likeness (QED) is 0.593. The maximum Gasteiger partial charge on any atom is 0.126 e. The van der Waals surface area contributed by atoms with Gasteiger partial charge in [0.2, 0.25) is 0 Å². The molecule has 6 heteroatoms. The van der Waals surface area contributed by atoms with Crippen LogP contribution in [0.25, 0.3) is 22.2 Å². The molecule has 22 heavy (non-hydrogen) atoms. The van der Waals surface area contributed by atoms with Gasteiger partial charge in [0.25, 0.3) is 0 Å². The van der Waals surface area contributed by atoms with E-state index in [4.69, 9.17) is 5.73 Å². The number of rotatable bonds is 3. The highest BCUT2D eigenvalue weighted by Gasteiger charge is 2.16. The van der Waals surface area contributed by atoms with Crippen LogP contribution in [0.5, 0.6) is 0 Å². The molecular formula is C16H18N6. The Bertz CT molecular complexity index is 790.